The highest BCUT2D eigenvalue weighted by Gasteiger charge is 2.44. The number of nitrogens with two attached hydrogens (primary N) is 1. The number of ether oxygens (including phenoxy) is 2. The van der Waals surface area contributed by atoms with Crippen LogP contribution in [0.3, 0.4) is 0 Å². The van der Waals surface area contributed by atoms with Crippen molar-refractivity contribution in [2.24, 2.45) is 11.7 Å². The molecule has 20 heavy (non-hydrogen) atoms. The second-order valence-electron chi connectivity index (χ2n) is 6.97. The van der Waals surface area contributed by atoms with Gasteiger partial charge in [0.2, 0.25) is 0 Å². The number of rotatable bonds is 2. The fraction of sp³-hybridized carbons (Fsp3) is 1.00. The van der Waals surface area contributed by atoms with E-state index in [0.29, 0.717) is 12.0 Å². The van der Waals surface area contributed by atoms with Crippen LogP contribution in [-0.4, -0.2) is 81.0 Å². The first-order valence-electron chi connectivity index (χ1n) is 7.96. The second-order valence-corrected chi connectivity index (χ2v) is 6.97. The third-order valence-corrected chi connectivity index (χ3v) is 5.49. The maximum atomic E-state index is 6.66. The molecular weight excluding hydrogens is 254 g/mol. The van der Waals surface area contributed by atoms with Crippen molar-refractivity contribution in [3.63, 3.8) is 0 Å². The molecule has 2 N–H and O–H groups in total. The fourth-order valence-corrected chi connectivity index (χ4v) is 4.03. The van der Waals surface area contributed by atoms with E-state index in [9.17, 15) is 0 Å². The Bertz CT molecular complexity index is 333. The number of nitrogens with zero attached hydrogens (tertiary/aromatic N) is 2. The van der Waals surface area contributed by atoms with Crippen LogP contribution >= 0.6 is 0 Å². The standard InChI is InChI=1S/C15H29N3O2/c1-17-5-6-18(2)13(10-17)14(16)12-3-7-20-15(9-12)4-8-19-11-15/h12-14H,3-11,16H2,1-2H3. The van der Waals surface area contributed by atoms with Crippen molar-refractivity contribution >= 4 is 0 Å². The van der Waals surface area contributed by atoms with Gasteiger partial charge in [-0.15, -0.1) is 0 Å². The minimum absolute atomic E-state index is 0.0281. The number of hydrogen-bond donors (Lipinski definition) is 1. The van der Waals surface area contributed by atoms with Gasteiger partial charge < -0.3 is 20.1 Å². The summed E-state index contributed by atoms with van der Waals surface area (Å²) in [4.78, 5) is 4.84. The molecule has 4 atom stereocenters. The van der Waals surface area contributed by atoms with Crippen molar-refractivity contribution in [2.45, 2.75) is 36.9 Å². The van der Waals surface area contributed by atoms with E-state index in [-0.39, 0.29) is 11.6 Å². The smallest absolute Gasteiger partial charge is 0.0939 e. The van der Waals surface area contributed by atoms with Gasteiger partial charge >= 0.3 is 0 Å². The predicted octanol–water partition coefficient (Wildman–Crippen LogP) is 0.145. The molecule has 0 aromatic carbocycles. The largest absolute Gasteiger partial charge is 0.378 e. The van der Waals surface area contributed by atoms with E-state index in [1.165, 1.54) is 0 Å². The highest BCUT2D eigenvalue weighted by Crippen LogP contribution is 2.37. The zero-order valence-corrected chi connectivity index (χ0v) is 12.9. The van der Waals surface area contributed by atoms with Gasteiger partial charge in [-0.3, -0.25) is 4.90 Å². The lowest BCUT2D eigenvalue weighted by atomic mass is 9.78. The molecule has 0 aliphatic carbocycles. The Morgan fingerprint density at radius 3 is 2.85 bits per heavy atom. The summed E-state index contributed by atoms with van der Waals surface area (Å²) in [6.07, 6.45) is 3.20. The lowest BCUT2D eigenvalue weighted by Gasteiger charge is -2.46. The summed E-state index contributed by atoms with van der Waals surface area (Å²) in [6, 6.07) is 0.709. The topological polar surface area (TPSA) is 51.0 Å². The van der Waals surface area contributed by atoms with Crippen LogP contribution in [0.2, 0.25) is 0 Å². The van der Waals surface area contributed by atoms with Crippen LogP contribution in [0.25, 0.3) is 0 Å². The molecule has 4 unspecified atom stereocenters. The average molecular weight is 283 g/mol. The van der Waals surface area contributed by atoms with Crippen molar-refractivity contribution in [1.29, 1.82) is 0 Å². The van der Waals surface area contributed by atoms with E-state index in [2.05, 4.69) is 23.9 Å². The van der Waals surface area contributed by atoms with Gasteiger partial charge in [0.05, 0.1) is 12.2 Å². The Balaban J connectivity index is 1.65. The van der Waals surface area contributed by atoms with Crippen molar-refractivity contribution < 1.29 is 9.47 Å². The van der Waals surface area contributed by atoms with Crippen LogP contribution in [0.1, 0.15) is 19.3 Å². The summed E-state index contributed by atoms with van der Waals surface area (Å²) >= 11 is 0. The molecule has 0 saturated carbocycles. The Morgan fingerprint density at radius 1 is 1.25 bits per heavy atom. The third kappa shape index (κ3) is 2.88. The zero-order valence-electron chi connectivity index (χ0n) is 12.9. The van der Waals surface area contributed by atoms with Crippen LogP contribution < -0.4 is 5.73 Å². The van der Waals surface area contributed by atoms with Gasteiger partial charge in [0, 0.05) is 51.4 Å². The fourth-order valence-electron chi connectivity index (χ4n) is 4.03. The van der Waals surface area contributed by atoms with E-state index in [1.54, 1.807) is 0 Å². The van der Waals surface area contributed by atoms with E-state index >= 15 is 0 Å². The second kappa shape index (κ2) is 5.89. The minimum Gasteiger partial charge on any atom is -0.378 e. The molecular formula is C15H29N3O2. The first-order valence-corrected chi connectivity index (χ1v) is 7.96. The normalized spacial score (nSPS) is 42.1. The molecule has 3 heterocycles. The average Bonchev–Trinajstić information content (AvgIpc) is 2.88. The highest BCUT2D eigenvalue weighted by atomic mass is 16.6. The predicted molar refractivity (Wildman–Crippen MR) is 78.7 cm³/mol. The summed E-state index contributed by atoms with van der Waals surface area (Å²) in [6.45, 7) is 5.79. The molecule has 5 heteroatoms. The van der Waals surface area contributed by atoms with Crippen LogP contribution in [0.15, 0.2) is 0 Å². The maximum absolute atomic E-state index is 6.66. The van der Waals surface area contributed by atoms with Crippen LogP contribution in [0.5, 0.6) is 0 Å². The van der Waals surface area contributed by atoms with E-state index < -0.39 is 0 Å². The maximum Gasteiger partial charge on any atom is 0.0939 e. The Hall–Kier alpha value is -0.200. The van der Waals surface area contributed by atoms with Gasteiger partial charge in [0.25, 0.3) is 0 Å². The highest BCUT2D eigenvalue weighted by molar-refractivity contribution is 4.97. The van der Waals surface area contributed by atoms with Crippen molar-refractivity contribution in [1.82, 2.24) is 9.80 Å². The van der Waals surface area contributed by atoms with E-state index in [4.69, 9.17) is 15.2 Å². The molecule has 0 bridgehead atoms. The van der Waals surface area contributed by atoms with Gasteiger partial charge in [0.1, 0.15) is 0 Å². The summed E-state index contributed by atoms with van der Waals surface area (Å²) in [7, 11) is 4.41. The molecule has 5 nitrogen and oxygen atoms in total. The van der Waals surface area contributed by atoms with Crippen LogP contribution in [-0.2, 0) is 9.47 Å². The van der Waals surface area contributed by atoms with E-state index in [1.807, 2.05) is 0 Å². The third-order valence-electron chi connectivity index (χ3n) is 5.49. The number of likely N-dealkylation sites (N-methyl/N-ethyl adjacent to an activating group) is 2. The molecule has 0 aromatic rings. The van der Waals surface area contributed by atoms with Gasteiger partial charge in [0.15, 0.2) is 0 Å². The minimum atomic E-state index is -0.0281. The SMILES string of the molecule is CN1CCN(C)C(C(N)C2CCOC3(CCOC3)C2)C1. The van der Waals surface area contributed by atoms with Crippen LogP contribution in [0.4, 0.5) is 0 Å². The first-order chi connectivity index (χ1) is 9.60. The lowest BCUT2D eigenvalue weighted by molar-refractivity contribution is -0.106. The van der Waals surface area contributed by atoms with Crippen molar-refractivity contribution in [2.75, 3.05) is 53.6 Å². The summed E-state index contributed by atoms with van der Waals surface area (Å²) in [5.41, 5.74) is 6.63. The van der Waals surface area contributed by atoms with Crippen molar-refractivity contribution in [3.8, 4) is 0 Å². The van der Waals surface area contributed by atoms with Gasteiger partial charge in [-0.25, -0.2) is 0 Å². The Kier molecular flexibility index (Phi) is 4.34. The molecule has 116 valence electrons. The molecule has 3 fully saturated rings. The molecule has 0 radical (unpaired) electrons. The number of piperazine rings is 1. The Morgan fingerprint density at radius 2 is 2.10 bits per heavy atom. The lowest BCUT2D eigenvalue weighted by Crippen LogP contribution is -2.61. The molecule has 1 spiro atoms. The number of hydrogen-bond acceptors (Lipinski definition) is 5. The monoisotopic (exact) mass is 283 g/mol. The van der Waals surface area contributed by atoms with Crippen molar-refractivity contribution in [3.05, 3.63) is 0 Å². The summed E-state index contributed by atoms with van der Waals surface area (Å²) in [5.74, 6) is 0.560. The molecule has 3 aliphatic heterocycles. The zero-order chi connectivity index (χ0) is 14.2. The van der Waals surface area contributed by atoms with Gasteiger partial charge in [-0.2, -0.15) is 0 Å². The molecule has 3 saturated heterocycles. The van der Waals surface area contributed by atoms with Crippen LogP contribution in [0, 0.1) is 5.92 Å². The summed E-state index contributed by atoms with van der Waals surface area (Å²) in [5, 5.41) is 0. The van der Waals surface area contributed by atoms with Gasteiger partial charge in [-0.1, -0.05) is 0 Å². The molecule has 3 rings (SSSR count). The first kappa shape index (κ1) is 14.7. The van der Waals surface area contributed by atoms with Gasteiger partial charge in [-0.05, 0) is 32.9 Å². The molecule has 0 aromatic heterocycles. The molecule has 3 aliphatic rings. The summed E-state index contributed by atoms with van der Waals surface area (Å²) < 4.78 is 11.6. The molecule has 0 amide bonds. The van der Waals surface area contributed by atoms with E-state index in [0.717, 1.165) is 58.7 Å². The Labute approximate surface area is 122 Å². The quantitative estimate of drug-likeness (QED) is 0.781.